The van der Waals surface area contributed by atoms with Crippen LogP contribution in [0.25, 0.3) is 11.0 Å². The number of hydrogen-bond acceptors (Lipinski definition) is 5. The van der Waals surface area contributed by atoms with Crippen molar-refractivity contribution in [3.05, 3.63) is 58.5 Å². The number of rotatable bonds is 5. The van der Waals surface area contributed by atoms with Gasteiger partial charge in [-0.25, -0.2) is 13.2 Å². The number of hydrogen-bond donors (Lipinski definition) is 3. The number of fused-ring (bicyclic) bond motifs is 1. The highest BCUT2D eigenvalue weighted by atomic mass is 32.2. The number of alkyl halides is 3. The first-order valence-electron chi connectivity index (χ1n) is 10.4. The molecule has 0 spiro atoms. The van der Waals surface area contributed by atoms with E-state index in [0.29, 0.717) is 16.7 Å². The van der Waals surface area contributed by atoms with E-state index in [1.807, 2.05) is 0 Å². The third-order valence-corrected chi connectivity index (χ3v) is 7.75. The molecule has 34 heavy (non-hydrogen) atoms. The number of benzene rings is 2. The Morgan fingerprint density at radius 1 is 1.03 bits per heavy atom. The van der Waals surface area contributed by atoms with Crippen LogP contribution in [-0.4, -0.2) is 65.7 Å². The number of H-pyrrole nitrogens is 2. The van der Waals surface area contributed by atoms with Gasteiger partial charge in [0.15, 0.2) is 0 Å². The highest BCUT2D eigenvalue weighted by molar-refractivity contribution is 7.89. The van der Waals surface area contributed by atoms with Gasteiger partial charge in [0.05, 0.1) is 27.5 Å². The maximum Gasteiger partial charge on any atom is 0.417 e. The zero-order chi connectivity index (χ0) is 24.7. The summed E-state index contributed by atoms with van der Waals surface area (Å²) in [5.41, 5.74) is 0.0434. The molecule has 2 aromatic carbocycles. The predicted octanol–water partition coefficient (Wildman–Crippen LogP) is 2.21. The second kappa shape index (κ2) is 8.89. The lowest BCUT2D eigenvalue weighted by Crippen LogP contribution is -2.54. The number of sulfonamides is 1. The molecule has 4 rings (SSSR count). The number of carbonyl (C=O) groups is 1. The minimum Gasteiger partial charge on any atom is -0.325 e. The van der Waals surface area contributed by atoms with Crippen molar-refractivity contribution in [1.29, 1.82) is 0 Å². The Bertz CT molecular complexity index is 1370. The molecular weight excluding hydrogens is 475 g/mol. The van der Waals surface area contributed by atoms with Gasteiger partial charge in [-0.15, -0.1) is 0 Å². The van der Waals surface area contributed by atoms with Crippen molar-refractivity contribution in [3.63, 3.8) is 0 Å². The molecule has 0 unspecified atom stereocenters. The molecule has 9 nitrogen and oxygen atoms in total. The van der Waals surface area contributed by atoms with Gasteiger partial charge >= 0.3 is 11.9 Å². The average molecular weight is 497 g/mol. The molecule has 2 heterocycles. The zero-order valence-corrected chi connectivity index (χ0v) is 18.8. The zero-order valence-electron chi connectivity index (χ0n) is 18.0. The summed E-state index contributed by atoms with van der Waals surface area (Å²) >= 11 is 0. The van der Waals surface area contributed by atoms with Crippen molar-refractivity contribution >= 4 is 32.7 Å². The Morgan fingerprint density at radius 3 is 2.35 bits per heavy atom. The molecule has 1 saturated heterocycles. The van der Waals surface area contributed by atoms with Crippen LogP contribution in [0.2, 0.25) is 0 Å². The summed E-state index contributed by atoms with van der Waals surface area (Å²) in [6.07, 6.45) is -4.80. The van der Waals surface area contributed by atoms with E-state index in [1.165, 1.54) is 6.07 Å². The fourth-order valence-electron chi connectivity index (χ4n) is 3.92. The first-order chi connectivity index (χ1) is 16.0. The largest absolute Gasteiger partial charge is 0.417 e. The molecule has 13 heteroatoms. The van der Waals surface area contributed by atoms with E-state index >= 15 is 0 Å². The molecule has 182 valence electrons. The second-order valence-corrected chi connectivity index (χ2v) is 9.85. The van der Waals surface area contributed by atoms with Crippen LogP contribution in [0.5, 0.6) is 0 Å². The summed E-state index contributed by atoms with van der Waals surface area (Å²) in [5.74, 6) is -0.337. The molecule has 0 radical (unpaired) electrons. The molecule has 1 aliphatic heterocycles. The standard InChI is InChI=1S/C21H22F3N5O4S/c1-13(19(30)25-14-6-7-16-17(12-14)27-20(31)26-16)28-8-10-29(11-9-28)34(32,33)18-5-3-2-4-15(18)21(22,23)24/h2-7,12-13H,8-11H2,1H3,(H,25,30)(H2,26,27,31)/t13-/m1/s1. The molecule has 0 saturated carbocycles. The second-order valence-electron chi connectivity index (χ2n) is 7.94. The number of imidazole rings is 1. The maximum absolute atomic E-state index is 13.3. The lowest BCUT2D eigenvalue weighted by Gasteiger charge is -2.37. The van der Waals surface area contributed by atoms with Crippen molar-refractivity contribution in [1.82, 2.24) is 19.2 Å². The fourth-order valence-corrected chi connectivity index (χ4v) is 5.55. The molecule has 1 aromatic heterocycles. The Labute approximate surface area is 192 Å². The van der Waals surface area contributed by atoms with Crippen molar-refractivity contribution < 1.29 is 26.4 Å². The van der Waals surface area contributed by atoms with Crippen LogP contribution in [0.1, 0.15) is 12.5 Å². The predicted molar refractivity (Wildman–Crippen MR) is 119 cm³/mol. The monoisotopic (exact) mass is 497 g/mol. The number of aromatic amines is 2. The van der Waals surface area contributed by atoms with Crippen LogP contribution >= 0.6 is 0 Å². The van der Waals surface area contributed by atoms with Crippen LogP contribution < -0.4 is 11.0 Å². The normalized spacial score (nSPS) is 17.1. The molecule has 3 aromatic rings. The van der Waals surface area contributed by atoms with E-state index in [-0.39, 0.29) is 37.8 Å². The summed E-state index contributed by atoms with van der Waals surface area (Å²) in [6.45, 7) is 1.90. The fraction of sp³-hybridized carbons (Fsp3) is 0.333. The Balaban J connectivity index is 1.42. The minimum atomic E-state index is -4.80. The third-order valence-electron chi connectivity index (χ3n) is 5.79. The molecule has 0 bridgehead atoms. The number of halogens is 3. The summed E-state index contributed by atoms with van der Waals surface area (Å²) in [4.78, 5) is 30.3. The van der Waals surface area contributed by atoms with Gasteiger partial charge in [-0.3, -0.25) is 9.69 Å². The molecular formula is C21H22F3N5O4S. The molecule has 1 atom stereocenters. The summed E-state index contributed by atoms with van der Waals surface area (Å²) in [5, 5.41) is 2.76. The van der Waals surface area contributed by atoms with Gasteiger partial charge in [0.25, 0.3) is 0 Å². The minimum absolute atomic E-state index is 0.0529. The van der Waals surface area contributed by atoms with Gasteiger partial charge < -0.3 is 15.3 Å². The van der Waals surface area contributed by atoms with Crippen molar-refractivity contribution in [3.8, 4) is 0 Å². The van der Waals surface area contributed by atoms with Crippen molar-refractivity contribution in [2.75, 3.05) is 31.5 Å². The van der Waals surface area contributed by atoms with E-state index in [9.17, 15) is 31.2 Å². The molecule has 1 amide bonds. The van der Waals surface area contributed by atoms with Gasteiger partial charge in [-0.1, -0.05) is 12.1 Å². The molecule has 3 N–H and O–H groups in total. The number of nitrogens with one attached hydrogen (secondary N) is 3. The Morgan fingerprint density at radius 2 is 1.68 bits per heavy atom. The van der Waals surface area contributed by atoms with Gasteiger partial charge in [0.2, 0.25) is 15.9 Å². The number of aromatic nitrogens is 2. The number of anilines is 1. The van der Waals surface area contributed by atoms with E-state index in [1.54, 1.807) is 30.0 Å². The highest BCUT2D eigenvalue weighted by Crippen LogP contribution is 2.35. The van der Waals surface area contributed by atoms with E-state index < -0.39 is 32.7 Å². The van der Waals surface area contributed by atoms with Gasteiger partial charge in [0.1, 0.15) is 0 Å². The maximum atomic E-state index is 13.3. The van der Waals surface area contributed by atoms with Crippen molar-refractivity contribution in [2.45, 2.75) is 24.0 Å². The van der Waals surface area contributed by atoms with Crippen LogP contribution in [0.15, 0.2) is 52.2 Å². The van der Waals surface area contributed by atoms with Crippen LogP contribution in [0.3, 0.4) is 0 Å². The number of amides is 1. The van der Waals surface area contributed by atoms with E-state index in [4.69, 9.17) is 0 Å². The topological polar surface area (TPSA) is 118 Å². The first-order valence-corrected chi connectivity index (χ1v) is 11.8. The quantitative estimate of drug-likeness (QED) is 0.500. The summed E-state index contributed by atoms with van der Waals surface area (Å²) in [7, 11) is -4.36. The van der Waals surface area contributed by atoms with Gasteiger partial charge in [-0.2, -0.15) is 17.5 Å². The highest BCUT2D eigenvalue weighted by Gasteiger charge is 2.40. The number of nitrogens with zero attached hydrogens (tertiary/aromatic N) is 2. The molecule has 0 aliphatic carbocycles. The summed E-state index contributed by atoms with van der Waals surface area (Å²) in [6, 6.07) is 8.38. The van der Waals surface area contributed by atoms with Gasteiger partial charge in [-0.05, 0) is 37.3 Å². The first kappa shape index (κ1) is 24.0. The third kappa shape index (κ3) is 4.72. The smallest absolute Gasteiger partial charge is 0.325 e. The molecule has 1 fully saturated rings. The van der Waals surface area contributed by atoms with E-state index in [2.05, 4.69) is 15.3 Å². The number of carbonyl (C=O) groups excluding carboxylic acids is 1. The van der Waals surface area contributed by atoms with Crippen LogP contribution in [-0.2, 0) is 21.0 Å². The van der Waals surface area contributed by atoms with Gasteiger partial charge in [0, 0.05) is 31.9 Å². The van der Waals surface area contributed by atoms with Crippen LogP contribution in [0, 0.1) is 0 Å². The SMILES string of the molecule is C[C@H](C(=O)Nc1ccc2[nH]c(=O)[nH]c2c1)N1CCN(S(=O)(=O)c2ccccc2C(F)(F)F)CC1. The Hall–Kier alpha value is -3.16. The lowest BCUT2D eigenvalue weighted by atomic mass is 10.2. The van der Waals surface area contributed by atoms with E-state index in [0.717, 1.165) is 22.5 Å². The van der Waals surface area contributed by atoms with Crippen molar-refractivity contribution in [2.24, 2.45) is 0 Å². The molecule has 1 aliphatic rings. The average Bonchev–Trinajstić information content (AvgIpc) is 3.17. The lowest BCUT2D eigenvalue weighted by molar-refractivity contribution is -0.140. The van der Waals surface area contributed by atoms with Crippen LogP contribution in [0.4, 0.5) is 18.9 Å². The summed E-state index contributed by atoms with van der Waals surface area (Å²) < 4.78 is 66.8. The Kier molecular flexibility index (Phi) is 6.27. The number of piperazine rings is 1.